The highest BCUT2D eigenvalue weighted by atomic mass is 16.5. The normalized spacial score (nSPS) is 11.6. The van der Waals surface area contributed by atoms with Crippen LogP contribution in [0, 0.1) is 6.92 Å². The molecule has 172 valence electrons. The maximum atomic E-state index is 12.0. The van der Waals surface area contributed by atoms with Crippen molar-refractivity contribution in [1.82, 2.24) is 20.4 Å². The number of ether oxygens (including phenoxy) is 1. The minimum absolute atomic E-state index is 0.0546. The average Bonchev–Trinajstić information content (AvgIpc) is 3.43. The third-order valence-corrected chi connectivity index (χ3v) is 4.88. The van der Waals surface area contributed by atoms with E-state index in [9.17, 15) is 4.79 Å². The number of hydrogen-bond donors (Lipinski definition) is 1. The highest BCUT2D eigenvalue weighted by molar-refractivity contribution is 5.85. The summed E-state index contributed by atoms with van der Waals surface area (Å²) in [6, 6.07) is 11.7. The molecule has 3 aromatic heterocycles. The van der Waals surface area contributed by atoms with Crippen LogP contribution in [0.5, 0.6) is 5.88 Å². The van der Waals surface area contributed by atoms with Gasteiger partial charge in [0.15, 0.2) is 0 Å². The van der Waals surface area contributed by atoms with E-state index in [1.165, 1.54) is 0 Å². The lowest BCUT2D eigenvalue weighted by Gasteiger charge is -2.22. The topological polar surface area (TPSA) is 103 Å². The third kappa shape index (κ3) is 5.97. The van der Waals surface area contributed by atoms with Gasteiger partial charge in [0.1, 0.15) is 11.4 Å². The molecule has 0 saturated heterocycles. The molecule has 8 heteroatoms. The van der Waals surface area contributed by atoms with Crippen molar-refractivity contribution in [2.45, 2.75) is 59.1 Å². The van der Waals surface area contributed by atoms with E-state index in [4.69, 9.17) is 18.7 Å². The number of nitrogens with zero attached hydrogens (tertiary/aromatic N) is 3. The van der Waals surface area contributed by atoms with Gasteiger partial charge in [0.25, 0.3) is 0 Å². The molecule has 1 N–H and O–H groups in total. The fourth-order valence-corrected chi connectivity index (χ4v) is 3.34. The lowest BCUT2D eigenvalue weighted by Crippen LogP contribution is -2.24. The summed E-state index contributed by atoms with van der Waals surface area (Å²) in [7, 11) is 0. The Morgan fingerprint density at radius 1 is 1.15 bits per heavy atom. The molecule has 0 fully saturated rings. The van der Waals surface area contributed by atoms with Crippen molar-refractivity contribution >= 4 is 16.8 Å². The Bertz CT molecular complexity index is 1240. The van der Waals surface area contributed by atoms with E-state index in [1.54, 1.807) is 12.3 Å². The molecular formula is C25H28N4O4. The van der Waals surface area contributed by atoms with Crippen LogP contribution in [0.3, 0.4) is 0 Å². The van der Waals surface area contributed by atoms with Crippen LogP contribution in [0.2, 0.25) is 0 Å². The minimum Gasteiger partial charge on any atom is -0.471 e. The van der Waals surface area contributed by atoms with Gasteiger partial charge >= 0.3 is 0 Å². The number of aromatic nitrogens is 3. The van der Waals surface area contributed by atoms with Crippen LogP contribution in [-0.4, -0.2) is 26.6 Å². The van der Waals surface area contributed by atoms with Gasteiger partial charge in [-0.1, -0.05) is 17.3 Å². The summed E-state index contributed by atoms with van der Waals surface area (Å²) in [4.78, 5) is 21.3. The maximum Gasteiger partial charge on any atom is 0.226 e. The Morgan fingerprint density at radius 3 is 2.76 bits per heavy atom. The number of carbonyl (C=O) groups excluding carboxylic acids is 1. The van der Waals surface area contributed by atoms with Gasteiger partial charge in [0.05, 0.1) is 23.9 Å². The fourth-order valence-electron chi connectivity index (χ4n) is 3.34. The summed E-state index contributed by atoms with van der Waals surface area (Å²) >= 11 is 0. The SMILES string of the molecule is Cc1ccc2cc(-c3noc(CCCC(=O)NCc4ccco4)n3)c(OC(C)(C)C)nc2c1. The van der Waals surface area contributed by atoms with Crippen LogP contribution >= 0.6 is 0 Å². The van der Waals surface area contributed by atoms with Crippen LogP contribution in [0.4, 0.5) is 0 Å². The number of furan rings is 1. The van der Waals surface area contributed by atoms with E-state index in [1.807, 2.05) is 58.0 Å². The van der Waals surface area contributed by atoms with E-state index in [2.05, 4.69) is 15.5 Å². The van der Waals surface area contributed by atoms with Gasteiger partial charge < -0.3 is 19.0 Å². The molecule has 0 aliphatic carbocycles. The van der Waals surface area contributed by atoms with Gasteiger partial charge in [-0.15, -0.1) is 0 Å². The number of rotatable bonds is 8. The van der Waals surface area contributed by atoms with E-state index < -0.39 is 5.60 Å². The molecule has 4 aromatic rings. The van der Waals surface area contributed by atoms with Crippen LogP contribution < -0.4 is 10.1 Å². The summed E-state index contributed by atoms with van der Waals surface area (Å²) in [6.45, 7) is 8.32. The number of fused-ring (bicyclic) bond motifs is 1. The Hall–Kier alpha value is -3.68. The average molecular weight is 449 g/mol. The highest BCUT2D eigenvalue weighted by Crippen LogP contribution is 2.32. The smallest absolute Gasteiger partial charge is 0.226 e. The second-order valence-electron chi connectivity index (χ2n) is 8.97. The number of aryl methyl sites for hydroxylation is 2. The standard InChI is InChI=1S/C25H28N4O4/c1-16-10-11-17-14-19(24(27-20(17)13-16)32-25(2,3)4)23-28-22(33-29-23)9-5-8-21(30)26-15-18-7-6-12-31-18/h6-7,10-14H,5,8-9,15H2,1-4H3,(H,26,30). The summed E-state index contributed by atoms with van der Waals surface area (Å²) in [5.41, 5.74) is 2.21. The Balaban J connectivity index is 1.45. The molecule has 0 aliphatic rings. The second-order valence-corrected chi connectivity index (χ2v) is 8.97. The Kier molecular flexibility index (Phi) is 6.44. The van der Waals surface area contributed by atoms with E-state index in [-0.39, 0.29) is 5.91 Å². The Labute approximate surface area is 192 Å². The first-order chi connectivity index (χ1) is 15.8. The first kappa shape index (κ1) is 22.5. The zero-order chi connectivity index (χ0) is 23.4. The first-order valence-electron chi connectivity index (χ1n) is 11.0. The van der Waals surface area contributed by atoms with Gasteiger partial charge in [0, 0.05) is 18.2 Å². The number of pyridine rings is 1. The van der Waals surface area contributed by atoms with Crippen molar-refractivity contribution in [2.75, 3.05) is 0 Å². The summed E-state index contributed by atoms with van der Waals surface area (Å²) in [5.74, 6) is 2.01. The van der Waals surface area contributed by atoms with E-state index >= 15 is 0 Å². The van der Waals surface area contributed by atoms with Crippen molar-refractivity contribution < 1.29 is 18.5 Å². The molecule has 8 nitrogen and oxygen atoms in total. The van der Waals surface area contributed by atoms with Crippen molar-refractivity contribution in [3.8, 4) is 17.3 Å². The molecule has 0 aliphatic heterocycles. The lowest BCUT2D eigenvalue weighted by atomic mass is 10.1. The van der Waals surface area contributed by atoms with Gasteiger partial charge in [-0.3, -0.25) is 4.79 Å². The molecule has 0 atom stereocenters. The molecule has 1 amide bonds. The molecule has 0 radical (unpaired) electrons. The van der Waals surface area contributed by atoms with Crippen LogP contribution in [0.15, 0.2) is 51.6 Å². The molecule has 4 rings (SSSR count). The maximum absolute atomic E-state index is 12.0. The summed E-state index contributed by atoms with van der Waals surface area (Å²) in [6.07, 6.45) is 3.02. The van der Waals surface area contributed by atoms with Gasteiger partial charge in [-0.05, 0) is 63.9 Å². The zero-order valence-corrected chi connectivity index (χ0v) is 19.3. The zero-order valence-electron chi connectivity index (χ0n) is 19.3. The molecular weight excluding hydrogens is 420 g/mol. The van der Waals surface area contributed by atoms with Gasteiger partial charge in [-0.25, -0.2) is 4.98 Å². The predicted octanol–water partition coefficient (Wildman–Crippen LogP) is 5.00. The number of benzene rings is 1. The predicted molar refractivity (Wildman–Crippen MR) is 124 cm³/mol. The lowest BCUT2D eigenvalue weighted by molar-refractivity contribution is -0.121. The number of carbonyl (C=O) groups is 1. The molecule has 0 spiro atoms. The number of hydrogen-bond acceptors (Lipinski definition) is 7. The fraction of sp³-hybridized carbons (Fsp3) is 0.360. The monoisotopic (exact) mass is 448 g/mol. The Morgan fingerprint density at radius 2 is 2.00 bits per heavy atom. The van der Waals surface area contributed by atoms with Crippen molar-refractivity contribution in [2.24, 2.45) is 0 Å². The number of amides is 1. The molecule has 0 saturated carbocycles. The molecule has 1 aromatic carbocycles. The summed E-state index contributed by atoms with van der Waals surface area (Å²) in [5, 5.41) is 7.95. The molecule has 33 heavy (non-hydrogen) atoms. The first-order valence-corrected chi connectivity index (χ1v) is 11.0. The largest absolute Gasteiger partial charge is 0.471 e. The minimum atomic E-state index is -0.436. The van der Waals surface area contributed by atoms with E-state index in [0.29, 0.717) is 49.0 Å². The second kappa shape index (κ2) is 9.44. The van der Waals surface area contributed by atoms with Crippen LogP contribution in [-0.2, 0) is 17.8 Å². The van der Waals surface area contributed by atoms with Crippen molar-refractivity contribution in [3.63, 3.8) is 0 Å². The highest BCUT2D eigenvalue weighted by Gasteiger charge is 2.21. The van der Waals surface area contributed by atoms with Gasteiger partial charge in [0.2, 0.25) is 23.5 Å². The van der Waals surface area contributed by atoms with Crippen molar-refractivity contribution in [1.29, 1.82) is 0 Å². The molecule has 0 bridgehead atoms. The van der Waals surface area contributed by atoms with E-state index in [0.717, 1.165) is 22.2 Å². The quantitative estimate of drug-likeness (QED) is 0.404. The summed E-state index contributed by atoms with van der Waals surface area (Å²) < 4.78 is 16.8. The van der Waals surface area contributed by atoms with Crippen LogP contribution in [0.25, 0.3) is 22.3 Å². The molecule has 3 heterocycles. The number of nitrogens with one attached hydrogen (secondary N) is 1. The van der Waals surface area contributed by atoms with Gasteiger partial charge in [-0.2, -0.15) is 4.98 Å². The van der Waals surface area contributed by atoms with Crippen molar-refractivity contribution in [3.05, 3.63) is 59.9 Å². The van der Waals surface area contributed by atoms with Crippen LogP contribution in [0.1, 0.15) is 50.8 Å². The molecule has 0 unspecified atom stereocenters. The third-order valence-electron chi connectivity index (χ3n) is 4.88.